The van der Waals surface area contributed by atoms with Crippen LogP contribution in [0.4, 0.5) is 5.69 Å². The second-order valence-electron chi connectivity index (χ2n) is 6.91. The summed E-state index contributed by atoms with van der Waals surface area (Å²) in [5.41, 5.74) is 5.16. The predicted octanol–water partition coefficient (Wildman–Crippen LogP) is 4.83. The number of benzene rings is 2. The van der Waals surface area contributed by atoms with Gasteiger partial charge in [0.1, 0.15) is 5.01 Å². The number of aryl methyl sites for hydroxylation is 1. The van der Waals surface area contributed by atoms with Crippen molar-refractivity contribution in [3.63, 3.8) is 0 Å². The van der Waals surface area contributed by atoms with Crippen LogP contribution in [-0.4, -0.2) is 36.1 Å². The van der Waals surface area contributed by atoms with Gasteiger partial charge in [0, 0.05) is 49.4 Å². The standard InChI is InChI=1S/C22H25N3S/c1-18-8-5-6-11-21(18)25-13-7-12-24(14-15-25)16-20-17-26-22(23-20)19-9-3-2-4-10-19/h2-6,8-11,17H,7,12-16H2,1H3. The third kappa shape index (κ3) is 3.97. The number of hydrogen-bond acceptors (Lipinski definition) is 4. The average Bonchev–Trinajstić information content (AvgIpc) is 3.02. The molecule has 0 aliphatic carbocycles. The van der Waals surface area contributed by atoms with E-state index < -0.39 is 0 Å². The van der Waals surface area contributed by atoms with Crippen LogP contribution in [0.1, 0.15) is 17.7 Å². The van der Waals surface area contributed by atoms with Crippen LogP contribution in [0.25, 0.3) is 10.6 Å². The quantitative estimate of drug-likeness (QED) is 0.662. The first-order valence-corrected chi connectivity index (χ1v) is 10.2. The van der Waals surface area contributed by atoms with Gasteiger partial charge < -0.3 is 4.90 Å². The van der Waals surface area contributed by atoms with E-state index >= 15 is 0 Å². The van der Waals surface area contributed by atoms with E-state index in [-0.39, 0.29) is 0 Å². The van der Waals surface area contributed by atoms with Gasteiger partial charge in [-0.3, -0.25) is 4.90 Å². The Balaban J connectivity index is 1.39. The van der Waals surface area contributed by atoms with Gasteiger partial charge in [0.05, 0.1) is 5.69 Å². The summed E-state index contributed by atoms with van der Waals surface area (Å²) in [4.78, 5) is 9.94. The van der Waals surface area contributed by atoms with Gasteiger partial charge in [0.2, 0.25) is 0 Å². The maximum atomic E-state index is 4.86. The molecule has 0 amide bonds. The first-order chi connectivity index (χ1) is 12.8. The molecule has 2 heterocycles. The summed E-state index contributed by atoms with van der Waals surface area (Å²) in [7, 11) is 0. The van der Waals surface area contributed by atoms with Gasteiger partial charge in [0.15, 0.2) is 0 Å². The summed E-state index contributed by atoms with van der Waals surface area (Å²) >= 11 is 1.75. The van der Waals surface area contributed by atoms with E-state index in [9.17, 15) is 0 Å². The maximum Gasteiger partial charge on any atom is 0.123 e. The van der Waals surface area contributed by atoms with Crippen molar-refractivity contribution in [2.24, 2.45) is 0 Å². The second kappa shape index (κ2) is 8.02. The Hall–Kier alpha value is -2.17. The first-order valence-electron chi connectivity index (χ1n) is 9.32. The van der Waals surface area contributed by atoms with Crippen LogP contribution in [-0.2, 0) is 6.54 Å². The highest BCUT2D eigenvalue weighted by Gasteiger charge is 2.17. The summed E-state index contributed by atoms with van der Waals surface area (Å²) < 4.78 is 0. The van der Waals surface area contributed by atoms with Gasteiger partial charge in [-0.05, 0) is 25.0 Å². The Labute approximate surface area is 159 Å². The van der Waals surface area contributed by atoms with Crippen LogP contribution in [0.2, 0.25) is 0 Å². The van der Waals surface area contributed by atoms with Gasteiger partial charge in [-0.1, -0.05) is 48.5 Å². The van der Waals surface area contributed by atoms with Crippen LogP contribution in [0, 0.1) is 6.92 Å². The number of para-hydroxylation sites is 1. The minimum atomic E-state index is 0.949. The van der Waals surface area contributed by atoms with Crippen LogP contribution in [0.15, 0.2) is 60.0 Å². The van der Waals surface area contributed by atoms with Crippen molar-refractivity contribution in [1.29, 1.82) is 0 Å². The van der Waals surface area contributed by atoms with Gasteiger partial charge in [-0.15, -0.1) is 11.3 Å². The monoisotopic (exact) mass is 363 g/mol. The molecule has 3 aromatic rings. The van der Waals surface area contributed by atoms with Crippen LogP contribution in [0.5, 0.6) is 0 Å². The molecule has 1 aromatic heterocycles. The van der Waals surface area contributed by atoms with Crippen molar-refractivity contribution in [2.45, 2.75) is 19.9 Å². The normalized spacial score (nSPS) is 15.8. The van der Waals surface area contributed by atoms with Crippen molar-refractivity contribution in [2.75, 3.05) is 31.1 Å². The summed E-state index contributed by atoms with van der Waals surface area (Å²) in [6.07, 6.45) is 1.20. The molecule has 0 radical (unpaired) electrons. The molecular formula is C22H25N3S. The van der Waals surface area contributed by atoms with Crippen molar-refractivity contribution in [3.05, 3.63) is 71.2 Å². The molecule has 0 bridgehead atoms. The zero-order valence-corrected chi connectivity index (χ0v) is 16.1. The Bertz CT molecular complexity index is 843. The zero-order chi connectivity index (χ0) is 17.8. The molecule has 0 spiro atoms. The summed E-state index contributed by atoms with van der Waals surface area (Å²) in [6, 6.07) is 19.2. The number of thiazole rings is 1. The molecule has 0 unspecified atom stereocenters. The molecule has 1 fully saturated rings. The van der Waals surface area contributed by atoms with Gasteiger partial charge >= 0.3 is 0 Å². The number of anilines is 1. The van der Waals surface area contributed by atoms with Gasteiger partial charge in [-0.25, -0.2) is 4.98 Å². The van der Waals surface area contributed by atoms with Crippen molar-refractivity contribution in [1.82, 2.24) is 9.88 Å². The highest BCUT2D eigenvalue weighted by molar-refractivity contribution is 7.13. The molecule has 3 nitrogen and oxygen atoms in total. The van der Waals surface area contributed by atoms with E-state index in [1.165, 1.54) is 28.9 Å². The molecule has 0 saturated carbocycles. The molecule has 4 heteroatoms. The van der Waals surface area contributed by atoms with Crippen molar-refractivity contribution in [3.8, 4) is 10.6 Å². The number of hydrogen-bond donors (Lipinski definition) is 0. The van der Waals surface area contributed by atoms with E-state index in [4.69, 9.17) is 4.98 Å². The topological polar surface area (TPSA) is 19.4 Å². The lowest BCUT2D eigenvalue weighted by Crippen LogP contribution is -2.30. The molecule has 1 aliphatic rings. The van der Waals surface area contributed by atoms with Crippen LogP contribution in [0.3, 0.4) is 0 Å². The SMILES string of the molecule is Cc1ccccc1N1CCCN(Cc2csc(-c3ccccc3)n2)CC1. The van der Waals surface area contributed by atoms with Crippen molar-refractivity contribution >= 4 is 17.0 Å². The molecule has 26 heavy (non-hydrogen) atoms. The van der Waals surface area contributed by atoms with E-state index in [0.717, 1.165) is 37.7 Å². The number of nitrogens with zero attached hydrogens (tertiary/aromatic N) is 3. The minimum Gasteiger partial charge on any atom is -0.370 e. The third-order valence-corrected chi connectivity index (χ3v) is 5.94. The molecule has 1 aliphatic heterocycles. The summed E-state index contributed by atoms with van der Waals surface area (Å²) in [5, 5.41) is 3.34. The third-order valence-electron chi connectivity index (χ3n) is 5.00. The fourth-order valence-corrected chi connectivity index (χ4v) is 4.43. The minimum absolute atomic E-state index is 0.949. The Kier molecular flexibility index (Phi) is 5.32. The molecule has 134 valence electrons. The second-order valence-corrected chi connectivity index (χ2v) is 7.77. The van der Waals surface area contributed by atoms with E-state index in [1.807, 2.05) is 0 Å². The highest BCUT2D eigenvalue weighted by Crippen LogP contribution is 2.25. The zero-order valence-electron chi connectivity index (χ0n) is 15.3. The Morgan fingerprint density at radius 1 is 0.923 bits per heavy atom. The lowest BCUT2D eigenvalue weighted by Gasteiger charge is -2.25. The first kappa shape index (κ1) is 17.3. The fourth-order valence-electron chi connectivity index (χ4n) is 3.61. The molecule has 4 rings (SSSR count). The highest BCUT2D eigenvalue weighted by atomic mass is 32.1. The molecule has 0 atom stereocenters. The van der Waals surface area contributed by atoms with Crippen LogP contribution < -0.4 is 4.90 Å². The largest absolute Gasteiger partial charge is 0.370 e. The predicted molar refractivity (Wildman–Crippen MR) is 111 cm³/mol. The Morgan fingerprint density at radius 2 is 1.73 bits per heavy atom. The average molecular weight is 364 g/mol. The molecule has 0 N–H and O–H groups in total. The van der Waals surface area contributed by atoms with Crippen LogP contribution >= 0.6 is 11.3 Å². The van der Waals surface area contributed by atoms with Gasteiger partial charge in [0.25, 0.3) is 0 Å². The van der Waals surface area contributed by atoms with Crippen molar-refractivity contribution < 1.29 is 0 Å². The molecule has 1 saturated heterocycles. The smallest absolute Gasteiger partial charge is 0.123 e. The lowest BCUT2D eigenvalue weighted by molar-refractivity contribution is 0.282. The summed E-state index contributed by atoms with van der Waals surface area (Å²) in [5.74, 6) is 0. The molecule has 2 aromatic carbocycles. The lowest BCUT2D eigenvalue weighted by atomic mass is 10.2. The number of aromatic nitrogens is 1. The maximum absolute atomic E-state index is 4.86. The van der Waals surface area contributed by atoms with E-state index in [1.54, 1.807) is 11.3 Å². The van der Waals surface area contributed by atoms with E-state index in [2.05, 4.69) is 76.7 Å². The Morgan fingerprint density at radius 3 is 2.58 bits per heavy atom. The van der Waals surface area contributed by atoms with E-state index in [0.29, 0.717) is 0 Å². The van der Waals surface area contributed by atoms with Gasteiger partial charge in [-0.2, -0.15) is 0 Å². The fraction of sp³-hybridized carbons (Fsp3) is 0.318. The summed E-state index contributed by atoms with van der Waals surface area (Å²) in [6.45, 7) is 7.60. The number of rotatable bonds is 4. The molecular weight excluding hydrogens is 338 g/mol.